The number of nitrogens with one attached hydrogen (secondary N) is 1. The van der Waals surface area contributed by atoms with Crippen LogP contribution in [-0.2, 0) is 4.79 Å². The Morgan fingerprint density at radius 1 is 1.18 bits per heavy atom. The second kappa shape index (κ2) is 7.12. The highest BCUT2D eigenvalue weighted by Crippen LogP contribution is 2.35. The number of amides is 2. The lowest BCUT2D eigenvalue weighted by Crippen LogP contribution is -2.63. The van der Waals surface area contributed by atoms with Crippen LogP contribution in [0.5, 0.6) is 0 Å². The van der Waals surface area contributed by atoms with Crippen molar-refractivity contribution in [2.45, 2.75) is 37.4 Å². The zero-order chi connectivity index (χ0) is 20.0. The molecule has 1 aromatic heterocycles. The number of carbonyl (C=O) groups excluding carboxylic acids is 2. The average Bonchev–Trinajstić information content (AvgIpc) is 3.21. The summed E-state index contributed by atoms with van der Waals surface area (Å²) < 4.78 is 39.5. The predicted octanol–water partition coefficient (Wildman–Crippen LogP) is 1.98. The smallest absolute Gasteiger partial charge is 0.270 e. The van der Waals surface area contributed by atoms with Gasteiger partial charge in [0.15, 0.2) is 11.6 Å². The molecule has 0 saturated carbocycles. The summed E-state index contributed by atoms with van der Waals surface area (Å²) in [6.07, 6.45) is 1.09. The van der Waals surface area contributed by atoms with E-state index in [-0.39, 0.29) is 43.3 Å². The number of benzene rings is 1. The van der Waals surface area contributed by atoms with Gasteiger partial charge < -0.3 is 19.9 Å². The molecule has 1 aromatic carbocycles. The lowest BCUT2D eigenvalue weighted by Gasteiger charge is -2.46. The minimum Gasteiger partial charge on any atom is -0.394 e. The molecule has 0 aliphatic carbocycles. The van der Waals surface area contributed by atoms with E-state index in [4.69, 9.17) is 0 Å². The minimum atomic E-state index is -1.01. The van der Waals surface area contributed by atoms with E-state index in [1.807, 2.05) is 0 Å². The fourth-order valence-electron chi connectivity index (χ4n) is 4.49. The molecule has 2 N–H and O–H groups in total. The lowest BCUT2D eigenvalue weighted by atomic mass is 10.0. The van der Waals surface area contributed by atoms with Crippen molar-refractivity contribution in [1.82, 2.24) is 14.8 Å². The highest BCUT2D eigenvalue weighted by molar-refractivity contribution is 5.98. The van der Waals surface area contributed by atoms with Gasteiger partial charge in [0.2, 0.25) is 5.91 Å². The van der Waals surface area contributed by atoms with Gasteiger partial charge in [-0.1, -0.05) is 0 Å². The van der Waals surface area contributed by atoms with Gasteiger partial charge in [-0.05, 0) is 25.0 Å². The van der Waals surface area contributed by atoms with Gasteiger partial charge in [-0.15, -0.1) is 0 Å². The number of H-pyrrole nitrogens is 1. The molecule has 0 unspecified atom stereocenters. The molecule has 2 fully saturated rings. The summed E-state index contributed by atoms with van der Waals surface area (Å²) in [7, 11) is 0. The predicted molar refractivity (Wildman–Crippen MR) is 94.4 cm³/mol. The Balaban J connectivity index is 1.62. The molecule has 3 heterocycles. The van der Waals surface area contributed by atoms with E-state index in [0.717, 1.165) is 12.1 Å². The fourth-order valence-corrected chi connectivity index (χ4v) is 4.49. The molecule has 2 amide bonds. The number of hydrogen-bond donors (Lipinski definition) is 2. The number of hydrogen-bond acceptors (Lipinski definition) is 3. The second-order valence-electron chi connectivity index (χ2n) is 7.28. The third-order valence-corrected chi connectivity index (χ3v) is 5.73. The van der Waals surface area contributed by atoms with Crippen molar-refractivity contribution in [3.63, 3.8) is 0 Å². The Kier molecular flexibility index (Phi) is 4.78. The van der Waals surface area contributed by atoms with E-state index >= 15 is 0 Å². The van der Waals surface area contributed by atoms with Crippen molar-refractivity contribution in [3.05, 3.63) is 35.5 Å². The molecule has 2 aliphatic rings. The van der Waals surface area contributed by atoms with Gasteiger partial charge in [0.25, 0.3) is 5.91 Å². The van der Waals surface area contributed by atoms with Crippen molar-refractivity contribution in [1.29, 1.82) is 0 Å². The maximum absolute atomic E-state index is 13.4. The number of aliphatic hydroxyl groups is 1. The van der Waals surface area contributed by atoms with Crippen molar-refractivity contribution in [2.75, 3.05) is 19.8 Å². The minimum absolute atomic E-state index is 0.154. The average molecular weight is 395 g/mol. The number of aliphatic hydroxyl groups excluding tert-OH is 1. The molecule has 3 atom stereocenters. The maximum Gasteiger partial charge on any atom is 0.270 e. The Bertz CT molecular complexity index is 893. The summed E-state index contributed by atoms with van der Waals surface area (Å²) in [6, 6.07) is 2.23. The van der Waals surface area contributed by atoms with Crippen molar-refractivity contribution in [3.8, 4) is 0 Å². The molecule has 150 valence electrons. The van der Waals surface area contributed by atoms with Crippen LogP contribution < -0.4 is 0 Å². The topological polar surface area (TPSA) is 76.6 Å². The molecule has 2 aromatic rings. The van der Waals surface area contributed by atoms with Gasteiger partial charge in [-0.3, -0.25) is 14.0 Å². The van der Waals surface area contributed by atoms with Crippen molar-refractivity contribution >= 4 is 22.7 Å². The van der Waals surface area contributed by atoms with Gasteiger partial charge >= 0.3 is 0 Å². The van der Waals surface area contributed by atoms with Gasteiger partial charge in [-0.2, -0.15) is 0 Å². The number of carbonyl (C=O) groups is 2. The fraction of sp³-hybridized carbons (Fsp3) is 0.474. The van der Waals surface area contributed by atoms with Gasteiger partial charge in [-0.25, -0.2) is 8.78 Å². The van der Waals surface area contributed by atoms with E-state index in [1.54, 1.807) is 4.90 Å². The number of halogens is 3. The summed E-state index contributed by atoms with van der Waals surface area (Å²) >= 11 is 0. The molecule has 6 nitrogen and oxygen atoms in total. The normalized spacial score (nSPS) is 24.2. The van der Waals surface area contributed by atoms with Crippen LogP contribution in [0.3, 0.4) is 0 Å². The standard InChI is InChI=1S/C19H20F3N3O3/c20-4-3-18(27)25-11-1-2-16(25)17(9-26)24(8-11)19(28)15-6-10-5-12(21)13(22)7-14(10)23-15/h5-7,11,16-17,23,26H,1-4,8-9H2/t11-,16+,17-/m1/s1. The summed E-state index contributed by atoms with van der Waals surface area (Å²) in [4.78, 5) is 31.2. The number of aromatic nitrogens is 1. The van der Waals surface area contributed by atoms with Crippen LogP contribution in [0.1, 0.15) is 29.8 Å². The molecule has 2 saturated heterocycles. The molecule has 4 rings (SSSR count). The molecule has 0 radical (unpaired) electrons. The lowest BCUT2D eigenvalue weighted by molar-refractivity contribution is -0.139. The molecule has 2 bridgehead atoms. The molecular formula is C19H20F3N3O3. The number of aromatic amines is 1. The summed E-state index contributed by atoms with van der Waals surface area (Å²) in [5.41, 5.74) is 0.448. The van der Waals surface area contributed by atoms with Gasteiger partial charge in [0.05, 0.1) is 31.8 Å². The number of likely N-dealkylation sites (tertiary alicyclic amines) is 1. The summed E-state index contributed by atoms with van der Waals surface area (Å²) in [6.45, 7) is -0.869. The Morgan fingerprint density at radius 2 is 1.93 bits per heavy atom. The number of rotatable bonds is 4. The first kappa shape index (κ1) is 18.8. The van der Waals surface area contributed by atoms with Crippen LogP contribution >= 0.6 is 0 Å². The first-order chi connectivity index (χ1) is 13.4. The largest absolute Gasteiger partial charge is 0.394 e. The Hall–Kier alpha value is -2.55. The summed E-state index contributed by atoms with van der Waals surface area (Å²) in [5.74, 6) is -2.74. The molecular weight excluding hydrogens is 375 g/mol. The number of fused-ring (bicyclic) bond motifs is 3. The van der Waals surface area contributed by atoms with Crippen LogP contribution in [0.2, 0.25) is 0 Å². The van der Waals surface area contributed by atoms with E-state index in [1.165, 1.54) is 11.0 Å². The van der Waals surface area contributed by atoms with E-state index in [2.05, 4.69) is 4.98 Å². The highest BCUT2D eigenvalue weighted by atomic mass is 19.2. The molecule has 28 heavy (non-hydrogen) atoms. The number of piperazine rings is 1. The van der Waals surface area contributed by atoms with Crippen molar-refractivity contribution in [2.24, 2.45) is 0 Å². The number of alkyl halides is 1. The SMILES string of the molecule is O=C(c1cc2cc(F)c(F)cc2[nH]1)N1C[C@H]2CC[C@@H]([C@H]1CO)N2C(=O)CCF. The van der Waals surface area contributed by atoms with Crippen molar-refractivity contribution < 1.29 is 27.9 Å². The van der Waals surface area contributed by atoms with Crippen LogP contribution in [0, 0.1) is 11.6 Å². The van der Waals surface area contributed by atoms with E-state index in [9.17, 15) is 27.9 Å². The van der Waals surface area contributed by atoms with Crippen LogP contribution in [0.25, 0.3) is 10.9 Å². The summed E-state index contributed by atoms with van der Waals surface area (Å²) in [5, 5.41) is 10.3. The molecule has 9 heteroatoms. The van der Waals surface area contributed by atoms with Gasteiger partial charge in [0.1, 0.15) is 5.69 Å². The van der Waals surface area contributed by atoms with Crippen LogP contribution in [0.4, 0.5) is 13.2 Å². The molecule has 0 spiro atoms. The van der Waals surface area contributed by atoms with Crippen LogP contribution in [0.15, 0.2) is 18.2 Å². The Morgan fingerprint density at radius 3 is 2.64 bits per heavy atom. The quantitative estimate of drug-likeness (QED) is 0.831. The third kappa shape index (κ3) is 2.94. The zero-order valence-corrected chi connectivity index (χ0v) is 15.0. The Labute approximate surface area is 158 Å². The monoisotopic (exact) mass is 395 g/mol. The second-order valence-corrected chi connectivity index (χ2v) is 7.28. The maximum atomic E-state index is 13.4. The van der Waals surface area contributed by atoms with Crippen LogP contribution in [-0.4, -0.2) is 69.7 Å². The van der Waals surface area contributed by atoms with Gasteiger partial charge in [0, 0.05) is 29.6 Å². The molecule has 2 aliphatic heterocycles. The highest BCUT2D eigenvalue weighted by Gasteiger charge is 2.49. The van der Waals surface area contributed by atoms with E-state index < -0.39 is 30.3 Å². The zero-order valence-electron chi connectivity index (χ0n) is 15.0. The first-order valence-electron chi connectivity index (χ1n) is 9.21. The van der Waals surface area contributed by atoms with E-state index in [0.29, 0.717) is 23.7 Å². The number of nitrogens with zero attached hydrogens (tertiary/aromatic N) is 2. The first-order valence-corrected chi connectivity index (χ1v) is 9.21. The third-order valence-electron chi connectivity index (χ3n) is 5.73.